The van der Waals surface area contributed by atoms with E-state index in [-0.39, 0.29) is 47.9 Å². The van der Waals surface area contributed by atoms with Crippen LogP contribution in [0.4, 0.5) is 5.69 Å². The molecule has 202 valence electrons. The van der Waals surface area contributed by atoms with Crippen molar-refractivity contribution in [2.45, 2.75) is 30.4 Å². The Morgan fingerprint density at radius 2 is 1.71 bits per heavy atom. The first-order valence-corrected chi connectivity index (χ1v) is 13.0. The van der Waals surface area contributed by atoms with E-state index in [1.807, 2.05) is 0 Å². The quantitative estimate of drug-likeness (QED) is 0.188. The normalized spacial score (nSPS) is 11.9. The maximum atomic E-state index is 14.1. The highest BCUT2D eigenvalue weighted by molar-refractivity contribution is 7.92. The monoisotopic (exact) mass is 543 g/mol. The van der Waals surface area contributed by atoms with Gasteiger partial charge in [0.1, 0.15) is 17.2 Å². The summed E-state index contributed by atoms with van der Waals surface area (Å²) in [7, 11) is -2.91. The number of hydroxylamine groups is 1. The Kier molecular flexibility index (Phi) is 9.66. The lowest BCUT2D eigenvalue weighted by molar-refractivity contribution is -0.125. The number of hydrogen-bond donors (Lipinski definition) is 4. The maximum Gasteiger partial charge on any atom is 0.276 e. The van der Waals surface area contributed by atoms with Gasteiger partial charge in [-0.1, -0.05) is 36.4 Å². The molecule has 38 heavy (non-hydrogen) atoms. The summed E-state index contributed by atoms with van der Waals surface area (Å²) in [5.41, 5.74) is 7.16. The Labute approximate surface area is 220 Å². The SMILES string of the molecule is COc1ccc(S(=O)(=O)N(Cc2ccccc2)c2c(OC(CCCO)C(N)=O)cccc2C(=O)NO)cc1. The highest BCUT2D eigenvalue weighted by Gasteiger charge is 2.33. The van der Waals surface area contributed by atoms with Gasteiger partial charge >= 0.3 is 0 Å². The average Bonchev–Trinajstić information content (AvgIpc) is 2.93. The third-order valence-corrected chi connectivity index (χ3v) is 7.38. The molecule has 0 fully saturated rings. The minimum absolute atomic E-state index is 0.0472. The molecule has 5 N–H and O–H groups in total. The number of hydrogen-bond acceptors (Lipinski definition) is 8. The van der Waals surface area contributed by atoms with E-state index in [4.69, 9.17) is 15.2 Å². The molecule has 0 saturated carbocycles. The second-order valence-electron chi connectivity index (χ2n) is 8.14. The number of ether oxygens (including phenoxy) is 2. The summed E-state index contributed by atoms with van der Waals surface area (Å²) in [6, 6.07) is 18.4. The topological polar surface area (TPSA) is 168 Å². The predicted molar refractivity (Wildman–Crippen MR) is 138 cm³/mol. The van der Waals surface area contributed by atoms with Crippen LogP contribution in [0.5, 0.6) is 11.5 Å². The van der Waals surface area contributed by atoms with Gasteiger partial charge in [-0.15, -0.1) is 0 Å². The first-order valence-electron chi connectivity index (χ1n) is 11.6. The molecule has 3 rings (SSSR count). The van der Waals surface area contributed by atoms with Crippen LogP contribution >= 0.6 is 0 Å². The molecule has 0 aliphatic rings. The van der Waals surface area contributed by atoms with Gasteiger partial charge in [0.25, 0.3) is 21.8 Å². The number of nitrogens with two attached hydrogens (primary N) is 1. The molecule has 0 aliphatic heterocycles. The molecule has 1 unspecified atom stereocenters. The fraction of sp³-hybridized carbons (Fsp3) is 0.231. The van der Waals surface area contributed by atoms with E-state index < -0.39 is 27.9 Å². The second-order valence-corrected chi connectivity index (χ2v) is 10.0. The molecule has 0 radical (unpaired) electrons. The third kappa shape index (κ3) is 6.59. The molecular weight excluding hydrogens is 514 g/mol. The highest BCUT2D eigenvalue weighted by atomic mass is 32.2. The van der Waals surface area contributed by atoms with Gasteiger partial charge in [0, 0.05) is 6.61 Å². The number of primary amides is 1. The zero-order valence-electron chi connectivity index (χ0n) is 20.6. The van der Waals surface area contributed by atoms with Crippen molar-refractivity contribution in [1.29, 1.82) is 0 Å². The third-order valence-electron chi connectivity index (χ3n) is 5.62. The zero-order chi connectivity index (χ0) is 27.7. The number of nitrogens with zero attached hydrogens (tertiary/aromatic N) is 1. The standard InChI is InChI=1S/C26H29N3O8S/c1-36-19-12-14-20(15-13-19)38(34,35)29(17-18-7-3-2-4-8-18)24-21(26(32)28-33)9-5-10-22(24)37-23(25(27)31)11-6-16-30/h2-5,7-10,12-15,23,30,33H,6,11,16-17H2,1H3,(H2,27,31)(H,28,32). The molecule has 0 aromatic heterocycles. The lowest BCUT2D eigenvalue weighted by atomic mass is 10.1. The number of aliphatic hydroxyl groups is 1. The molecule has 3 aromatic rings. The van der Waals surface area contributed by atoms with Crippen LogP contribution in [0.1, 0.15) is 28.8 Å². The number of rotatable bonds is 13. The smallest absolute Gasteiger partial charge is 0.276 e. The van der Waals surface area contributed by atoms with Gasteiger partial charge in [0.2, 0.25) is 0 Å². The van der Waals surface area contributed by atoms with Crippen molar-refractivity contribution in [2.75, 3.05) is 18.0 Å². The van der Waals surface area contributed by atoms with E-state index >= 15 is 0 Å². The minimum Gasteiger partial charge on any atom is -0.497 e. The van der Waals surface area contributed by atoms with Crippen molar-refractivity contribution in [1.82, 2.24) is 5.48 Å². The van der Waals surface area contributed by atoms with Crippen LogP contribution in [-0.2, 0) is 21.4 Å². The summed E-state index contributed by atoms with van der Waals surface area (Å²) < 4.78 is 40.1. The Balaban J connectivity index is 2.25. The number of nitrogens with one attached hydrogen (secondary N) is 1. The fourth-order valence-corrected chi connectivity index (χ4v) is 5.20. The largest absolute Gasteiger partial charge is 0.497 e. The number of carbonyl (C=O) groups is 2. The predicted octanol–water partition coefficient (Wildman–Crippen LogP) is 2.21. The Bertz CT molecular complexity index is 1350. The van der Waals surface area contributed by atoms with Crippen LogP contribution in [0.25, 0.3) is 0 Å². The molecule has 0 bridgehead atoms. The molecular formula is C26H29N3O8S. The number of carbonyl (C=O) groups excluding carboxylic acids is 2. The molecule has 0 saturated heterocycles. The lowest BCUT2D eigenvalue weighted by Gasteiger charge is -2.29. The van der Waals surface area contributed by atoms with Gasteiger partial charge < -0.3 is 20.3 Å². The lowest BCUT2D eigenvalue weighted by Crippen LogP contribution is -2.36. The molecule has 0 heterocycles. The van der Waals surface area contributed by atoms with Gasteiger partial charge in [-0.05, 0) is 54.8 Å². The van der Waals surface area contributed by atoms with Gasteiger partial charge in [-0.25, -0.2) is 13.9 Å². The number of anilines is 1. The van der Waals surface area contributed by atoms with Crippen LogP contribution in [-0.4, -0.2) is 50.4 Å². The molecule has 11 nitrogen and oxygen atoms in total. The number of amides is 2. The van der Waals surface area contributed by atoms with E-state index in [1.165, 1.54) is 55.1 Å². The van der Waals surface area contributed by atoms with Gasteiger partial charge in [0.05, 0.1) is 24.1 Å². The van der Waals surface area contributed by atoms with Gasteiger partial charge in [-0.2, -0.15) is 0 Å². The summed E-state index contributed by atoms with van der Waals surface area (Å²) in [5.74, 6) is -1.54. The minimum atomic E-state index is -4.36. The average molecular weight is 544 g/mol. The van der Waals surface area contributed by atoms with Crippen molar-refractivity contribution in [3.8, 4) is 11.5 Å². The van der Waals surface area contributed by atoms with Crippen molar-refractivity contribution < 1.29 is 37.8 Å². The van der Waals surface area contributed by atoms with Crippen LogP contribution < -0.4 is 25.0 Å². The fourth-order valence-electron chi connectivity index (χ4n) is 3.72. The molecule has 0 spiro atoms. The van der Waals surface area contributed by atoms with Gasteiger partial charge in [-0.3, -0.25) is 19.1 Å². The van der Waals surface area contributed by atoms with E-state index in [9.17, 15) is 28.3 Å². The van der Waals surface area contributed by atoms with Crippen LogP contribution in [0.3, 0.4) is 0 Å². The first-order chi connectivity index (χ1) is 18.2. The number of sulfonamides is 1. The highest BCUT2D eigenvalue weighted by Crippen LogP contribution is 2.38. The summed E-state index contributed by atoms with van der Waals surface area (Å²) in [6.07, 6.45) is -0.987. The van der Waals surface area contributed by atoms with E-state index in [1.54, 1.807) is 30.3 Å². The molecule has 12 heteroatoms. The van der Waals surface area contributed by atoms with Crippen molar-refractivity contribution in [3.63, 3.8) is 0 Å². The maximum absolute atomic E-state index is 14.1. The zero-order valence-corrected chi connectivity index (χ0v) is 21.4. The number of methoxy groups -OCH3 is 1. The number of benzene rings is 3. The molecule has 1 atom stereocenters. The van der Waals surface area contributed by atoms with Crippen LogP contribution in [0.2, 0.25) is 0 Å². The van der Waals surface area contributed by atoms with Crippen molar-refractivity contribution in [2.24, 2.45) is 5.73 Å². The Morgan fingerprint density at radius 1 is 1.03 bits per heavy atom. The molecule has 0 aliphatic carbocycles. The van der Waals surface area contributed by atoms with Crippen molar-refractivity contribution >= 4 is 27.5 Å². The first kappa shape index (κ1) is 28.4. The van der Waals surface area contributed by atoms with E-state index in [0.29, 0.717) is 11.3 Å². The summed E-state index contributed by atoms with van der Waals surface area (Å²) in [6.45, 7) is -0.446. The summed E-state index contributed by atoms with van der Waals surface area (Å²) >= 11 is 0. The van der Waals surface area contributed by atoms with Crippen LogP contribution in [0.15, 0.2) is 77.7 Å². The summed E-state index contributed by atoms with van der Waals surface area (Å²) in [5, 5.41) is 18.6. The molecule has 3 aromatic carbocycles. The van der Waals surface area contributed by atoms with E-state index in [0.717, 1.165) is 4.31 Å². The van der Waals surface area contributed by atoms with Crippen LogP contribution in [0, 0.1) is 0 Å². The Hall–Kier alpha value is -4.13. The van der Waals surface area contributed by atoms with Crippen molar-refractivity contribution in [3.05, 3.63) is 83.9 Å². The van der Waals surface area contributed by atoms with E-state index in [2.05, 4.69) is 0 Å². The Morgan fingerprint density at radius 3 is 2.29 bits per heavy atom. The number of para-hydroxylation sites is 1. The van der Waals surface area contributed by atoms with Gasteiger partial charge in [0.15, 0.2) is 6.10 Å². The summed E-state index contributed by atoms with van der Waals surface area (Å²) in [4.78, 5) is 24.7. The second kappa shape index (κ2) is 12.9. The number of aliphatic hydroxyl groups excluding tert-OH is 1. The molecule has 2 amide bonds.